The molecule has 0 aliphatic carbocycles. The summed E-state index contributed by atoms with van der Waals surface area (Å²) in [5.74, 6) is -2.27. The first-order chi connectivity index (χ1) is 6.99. The van der Waals surface area contributed by atoms with Crippen LogP contribution in [0.25, 0.3) is 0 Å². The zero-order valence-electron chi connectivity index (χ0n) is 8.17. The standard InChI is InChI=1S/C9H11BF2O2S/c1-2-3-5-4-6(15)7(10(13)14)9(12)8(5)11/h4,13-15H,2-3H2,1H3. The molecular weight excluding hydrogens is 221 g/mol. The Labute approximate surface area is 92.5 Å². The highest BCUT2D eigenvalue weighted by Crippen LogP contribution is 2.17. The third kappa shape index (κ3) is 2.51. The Morgan fingerprint density at radius 3 is 2.40 bits per heavy atom. The maximum absolute atomic E-state index is 13.4. The molecule has 6 heteroatoms. The van der Waals surface area contributed by atoms with E-state index in [1.54, 1.807) is 0 Å². The van der Waals surface area contributed by atoms with Crippen molar-refractivity contribution >= 4 is 25.2 Å². The van der Waals surface area contributed by atoms with Crippen LogP contribution in [0.2, 0.25) is 0 Å². The summed E-state index contributed by atoms with van der Waals surface area (Å²) in [6.07, 6.45) is 1.06. The largest absolute Gasteiger partial charge is 0.492 e. The molecule has 15 heavy (non-hydrogen) atoms. The van der Waals surface area contributed by atoms with Gasteiger partial charge in [0.15, 0.2) is 11.6 Å². The van der Waals surface area contributed by atoms with Crippen LogP contribution >= 0.6 is 12.6 Å². The molecule has 0 unspecified atom stereocenters. The van der Waals surface area contributed by atoms with Crippen LogP contribution in [0.5, 0.6) is 0 Å². The average molecular weight is 232 g/mol. The van der Waals surface area contributed by atoms with E-state index in [1.807, 2.05) is 6.92 Å². The van der Waals surface area contributed by atoms with E-state index in [0.29, 0.717) is 12.8 Å². The second-order valence-corrected chi connectivity index (χ2v) is 3.70. The molecule has 82 valence electrons. The molecule has 0 fully saturated rings. The molecule has 0 bridgehead atoms. The number of hydrogen-bond acceptors (Lipinski definition) is 3. The summed E-state index contributed by atoms with van der Waals surface area (Å²) in [7, 11) is -2.05. The van der Waals surface area contributed by atoms with Gasteiger partial charge in [0, 0.05) is 10.4 Å². The number of hydrogen-bond donors (Lipinski definition) is 3. The fourth-order valence-corrected chi connectivity index (χ4v) is 1.74. The van der Waals surface area contributed by atoms with Crippen LogP contribution in [0.3, 0.4) is 0 Å². The van der Waals surface area contributed by atoms with Gasteiger partial charge < -0.3 is 10.0 Å². The smallest absolute Gasteiger partial charge is 0.423 e. The van der Waals surface area contributed by atoms with Crippen LogP contribution in [0.15, 0.2) is 11.0 Å². The molecule has 0 saturated carbocycles. The molecule has 0 saturated heterocycles. The van der Waals surface area contributed by atoms with Crippen LogP contribution in [-0.4, -0.2) is 17.2 Å². The second kappa shape index (κ2) is 4.96. The molecule has 2 nitrogen and oxygen atoms in total. The molecule has 1 aromatic carbocycles. The highest BCUT2D eigenvalue weighted by molar-refractivity contribution is 7.80. The van der Waals surface area contributed by atoms with Gasteiger partial charge in [0.25, 0.3) is 0 Å². The van der Waals surface area contributed by atoms with Gasteiger partial charge in [-0.25, -0.2) is 8.78 Å². The first-order valence-corrected chi connectivity index (χ1v) is 4.99. The number of halogens is 2. The quantitative estimate of drug-likeness (QED) is 0.535. The first kappa shape index (κ1) is 12.5. The van der Waals surface area contributed by atoms with Crippen molar-refractivity contribution in [2.75, 3.05) is 0 Å². The summed E-state index contributed by atoms with van der Waals surface area (Å²) in [6.45, 7) is 1.84. The number of benzene rings is 1. The van der Waals surface area contributed by atoms with Crippen LogP contribution in [-0.2, 0) is 6.42 Å². The van der Waals surface area contributed by atoms with Crippen molar-refractivity contribution in [3.05, 3.63) is 23.3 Å². The van der Waals surface area contributed by atoms with Crippen molar-refractivity contribution in [2.24, 2.45) is 0 Å². The summed E-state index contributed by atoms with van der Waals surface area (Å²) in [4.78, 5) is 0.0485. The summed E-state index contributed by atoms with van der Waals surface area (Å²) in [6, 6.07) is 1.32. The Morgan fingerprint density at radius 1 is 1.33 bits per heavy atom. The van der Waals surface area contributed by atoms with E-state index >= 15 is 0 Å². The topological polar surface area (TPSA) is 40.5 Å². The molecule has 0 spiro atoms. The molecular formula is C9H11BF2O2S. The molecule has 0 amide bonds. The zero-order valence-corrected chi connectivity index (χ0v) is 9.06. The van der Waals surface area contributed by atoms with Crippen molar-refractivity contribution in [2.45, 2.75) is 24.7 Å². The maximum atomic E-state index is 13.4. The van der Waals surface area contributed by atoms with Gasteiger partial charge in [-0.05, 0) is 18.1 Å². The molecule has 1 rings (SSSR count). The van der Waals surface area contributed by atoms with Gasteiger partial charge in [0.1, 0.15) is 0 Å². The van der Waals surface area contributed by atoms with Crippen LogP contribution in [0.1, 0.15) is 18.9 Å². The summed E-state index contributed by atoms with van der Waals surface area (Å²) >= 11 is 3.89. The molecule has 0 aromatic heterocycles. The number of thiol groups is 1. The first-order valence-electron chi connectivity index (χ1n) is 4.54. The van der Waals surface area contributed by atoms with Gasteiger partial charge in [0.05, 0.1) is 0 Å². The lowest BCUT2D eigenvalue weighted by molar-refractivity contribution is 0.418. The van der Waals surface area contributed by atoms with Gasteiger partial charge in [-0.1, -0.05) is 13.3 Å². The SMILES string of the molecule is CCCc1cc(S)c(B(O)O)c(F)c1F. The summed E-state index contributed by atoms with van der Waals surface area (Å²) < 4.78 is 26.7. The Kier molecular flexibility index (Phi) is 4.13. The minimum absolute atomic E-state index is 0.0485. The van der Waals surface area contributed by atoms with Crippen molar-refractivity contribution < 1.29 is 18.8 Å². The van der Waals surface area contributed by atoms with Crippen LogP contribution < -0.4 is 5.46 Å². The van der Waals surface area contributed by atoms with Gasteiger partial charge in [-0.2, -0.15) is 0 Å². The van der Waals surface area contributed by atoms with E-state index < -0.39 is 24.2 Å². The molecule has 0 heterocycles. The van der Waals surface area contributed by atoms with E-state index in [-0.39, 0.29) is 10.5 Å². The highest BCUT2D eigenvalue weighted by atomic mass is 32.1. The van der Waals surface area contributed by atoms with E-state index in [2.05, 4.69) is 12.6 Å². The van der Waals surface area contributed by atoms with Gasteiger partial charge >= 0.3 is 7.12 Å². The summed E-state index contributed by atoms with van der Waals surface area (Å²) in [5.41, 5.74) is -0.319. The normalized spacial score (nSPS) is 10.5. The minimum Gasteiger partial charge on any atom is -0.423 e. The second-order valence-electron chi connectivity index (χ2n) is 3.22. The fourth-order valence-electron chi connectivity index (χ4n) is 1.37. The fraction of sp³-hybridized carbons (Fsp3) is 0.333. The predicted molar refractivity (Wildman–Crippen MR) is 57.4 cm³/mol. The summed E-state index contributed by atoms with van der Waals surface area (Å²) in [5, 5.41) is 17.7. The molecule has 0 radical (unpaired) electrons. The molecule has 2 N–H and O–H groups in total. The molecule has 0 aliphatic rings. The van der Waals surface area contributed by atoms with Crippen molar-refractivity contribution in [3.8, 4) is 0 Å². The number of aryl methyl sites for hydroxylation is 1. The average Bonchev–Trinajstić information content (AvgIpc) is 2.13. The Balaban J connectivity index is 3.31. The zero-order chi connectivity index (χ0) is 11.6. The van der Waals surface area contributed by atoms with E-state index in [1.165, 1.54) is 6.07 Å². The predicted octanol–water partition coefficient (Wildman–Crippen LogP) is 0.886. The number of rotatable bonds is 3. The lowest BCUT2D eigenvalue weighted by atomic mass is 9.79. The maximum Gasteiger partial charge on any atom is 0.492 e. The monoisotopic (exact) mass is 232 g/mol. The highest BCUT2D eigenvalue weighted by Gasteiger charge is 2.24. The van der Waals surface area contributed by atoms with Gasteiger partial charge in [0.2, 0.25) is 0 Å². The van der Waals surface area contributed by atoms with Crippen molar-refractivity contribution in [3.63, 3.8) is 0 Å². The lowest BCUT2D eigenvalue weighted by Gasteiger charge is -2.10. The molecule has 0 aliphatic heterocycles. The molecule has 1 aromatic rings. The van der Waals surface area contributed by atoms with Gasteiger partial charge in [-0.15, -0.1) is 12.6 Å². The minimum atomic E-state index is -2.05. The molecule has 0 atom stereocenters. The third-order valence-electron chi connectivity index (χ3n) is 2.08. The van der Waals surface area contributed by atoms with E-state index in [9.17, 15) is 8.78 Å². The van der Waals surface area contributed by atoms with Crippen LogP contribution in [0, 0.1) is 11.6 Å². The van der Waals surface area contributed by atoms with Crippen LogP contribution in [0.4, 0.5) is 8.78 Å². The van der Waals surface area contributed by atoms with E-state index in [0.717, 1.165) is 0 Å². The lowest BCUT2D eigenvalue weighted by Crippen LogP contribution is -2.35. The van der Waals surface area contributed by atoms with E-state index in [4.69, 9.17) is 10.0 Å². The van der Waals surface area contributed by atoms with Crippen molar-refractivity contribution in [1.29, 1.82) is 0 Å². The Hall–Kier alpha value is -0.585. The Morgan fingerprint density at radius 2 is 1.93 bits per heavy atom. The van der Waals surface area contributed by atoms with Crippen molar-refractivity contribution in [1.82, 2.24) is 0 Å². The third-order valence-corrected chi connectivity index (χ3v) is 2.45. The Bertz CT molecular complexity index is 372. The van der Waals surface area contributed by atoms with Gasteiger partial charge in [-0.3, -0.25) is 0 Å².